The predicted octanol–water partition coefficient (Wildman–Crippen LogP) is 4.32. The van der Waals surface area contributed by atoms with Crippen LogP contribution >= 0.6 is 11.6 Å². The molecule has 5 rings (SSSR count). The van der Waals surface area contributed by atoms with E-state index in [0.717, 1.165) is 12.8 Å². The fourth-order valence-corrected chi connectivity index (χ4v) is 4.47. The van der Waals surface area contributed by atoms with E-state index in [1.54, 1.807) is 31.4 Å². The number of morpholine rings is 1. The van der Waals surface area contributed by atoms with Gasteiger partial charge in [-0.25, -0.2) is 14.4 Å². The first-order chi connectivity index (χ1) is 19.4. The predicted molar refractivity (Wildman–Crippen MR) is 148 cm³/mol. The van der Waals surface area contributed by atoms with Crippen LogP contribution in [-0.4, -0.2) is 72.8 Å². The van der Waals surface area contributed by atoms with Crippen LogP contribution in [0.15, 0.2) is 48.8 Å². The van der Waals surface area contributed by atoms with Crippen LogP contribution in [-0.2, 0) is 19.1 Å². The second-order valence-corrected chi connectivity index (χ2v) is 10.2. The molecule has 2 heterocycles. The monoisotopic (exact) mass is 569 g/mol. The van der Waals surface area contributed by atoms with Crippen molar-refractivity contribution in [1.29, 1.82) is 0 Å². The van der Waals surface area contributed by atoms with E-state index in [1.165, 1.54) is 24.5 Å². The van der Waals surface area contributed by atoms with Crippen LogP contribution in [0.25, 0.3) is 10.9 Å². The number of aromatic nitrogens is 2. The highest BCUT2D eigenvalue weighted by Gasteiger charge is 2.26. The molecule has 1 amide bonds. The molecule has 2 aromatic carbocycles. The van der Waals surface area contributed by atoms with E-state index in [9.17, 15) is 14.0 Å². The molecule has 210 valence electrons. The lowest BCUT2D eigenvalue weighted by molar-refractivity contribution is -0.161. The zero-order chi connectivity index (χ0) is 28.1. The summed E-state index contributed by atoms with van der Waals surface area (Å²) >= 11 is 5.94. The number of methoxy groups -OCH3 is 1. The molecule has 1 saturated heterocycles. The van der Waals surface area contributed by atoms with Crippen molar-refractivity contribution in [3.63, 3.8) is 0 Å². The molecule has 0 unspecified atom stereocenters. The molecule has 10 nitrogen and oxygen atoms in total. The van der Waals surface area contributed by atoms with Crippen molar-refractivity contribution >= 4 is 51.6 Å². The van der Waals surface area contributed by atoms with E-state index < -0.39 is 5.82 Å². The van der Waals surface area contributed by atoms with Gasteiger partial charge in [0, 0.05) is 43.4 Å². The second kappa shape index (κ2) is 12.6. The fourth-order valence-electron chi connectivity index (χ4n) is 4.29. The van der Waals surface area contributed by atoms with Crippen LogP contribution < -0.4 is 15.4 Å². The van der Waals surface area contributed by atoms with E-state index in [2.05, 4.69) is 20.6 Å². The zero-order valence-corrected chi connectivity index (χ0v) is 22.6. The van der Waals surface area contributed by atoms with Crippen molar-refractivity contribution in [2.45, 2.75) is 18.9 Å². The molecular weight excluding hydrogens is 541 g/mol. The minimum atomic E-state index is -0.523. The molecule has 1 aliphatic carbocycles. The number of amides is 1. The van der Waals surface area contributed by atoms with E-state index in [-0.39, 0.29) is 29.5 Å². The number of ether oxygens (including phenoxy) is 3. The van der Waals surface area contributed by atoms with Gasteiger partial charge in [-0.2, -0.15) is 0 Å². The number of nitrogens with one attached hydrogen (secondary N) is 2. The van der Waals surface area contributed by atoms with E-state index in [1.807, 2.05) is 4.90 Å². The summed E-state index contributed by atoms with van der Waals surface area (Å²) < 4.78 is 30.0. The number of benzene rings is 2. The maximum absolute atomic E-state index is 13.6. The second-order valence-electron chi connectivity index (χ2n) is 9.75. The molecule has 0 spiro atoms. The average molecular weight is 570 g/mol. The molecule has 0 radical (unpaired) electrons. The zero-order valence-electron chi connectivity index (χ0n) is 21.9. The summed E-state index contributed by atoms with van der Waals surface area (Å²) in [6, 6.07) is 7.78. The Hall–Kier alpha value is -3.80. The maximum atomic E-state index is 13.6. The Balaban J connectivity index is 1.33. The summed E-state index contributed by atoms with van der Waals surface area (Å²) in [4.78, 5) is 35.3. The molecule has 2 aliphatic rings. The first-order valence-electron chi connectivity index (χ1n) is 12.9. The van der Waals surface area contributed by atoms with E-state index >= 15 is 0 Å². The summed E-state index contributed by atoms with van der Waals surface area (Å²) in [6.45, 7) is 1.91. The number of fused-ring (bicyclic) bond motifs is 1. The maximum Gasteiger partial charge on any atom is 0.320 e. The minimum absolute atomic E-state index is 0.0190. The Bertz CT molecular complexity index is 1430. The quantitative estimate of drug-likeness (QED) is 0.257. The van der Waals surface area contributed by atoms with Crippen LogP contribution in [0, 0.1) is 11.7 Å². The van der Waals surface area contributed by atoms with Crippen LogP contribution in [0.1, 0.15) is 12.8 Å². The van der Waals surface area contributed by atoms with Crippen molar-refractivity contribution in [3.05, 3.63) is 59.7 Å². The number of rotatable bonds is 11. The third-order valence-corrected chi connectivity index (χ3v) is 6.74. The Morgan fingerprint density at radius 2 is 2.10 bits per heavy atom. The van der Waals surface area contributed by atoms with Crippen molar-refractivity contribution < 1.29 is 28.2 Å². The number of hydrogen-bond donors (Lipinski definition) is 2. The smallest absolute Gasteiger partial charge is 0.320 e. The topological polar surface area (TPSA) is 115 Å². The van der Waals surface area contributed by atoms with Gasteiger partial charge in [0.25, 0.3) is 0 Å². The summed E-state index contributed by atoms with van der Waals surface area (Å²) in [7, 11) is 1.55. The van der Waals surface area contributed by atoms with Gasteiger partial charge in [-0.3, -0.25) is 14.5 Å². The molecule has 1 aliphatic heterocycles. The molecule has 1 saturated carbocycles. The highest BCUT2D eigenvalue weighted by Crippen LogP contribution is 2.36. The largest absolute Gasteiger partial charge is 0.491 e. The number of carbonyl (C=O) groups is 2. The molecule has 40 heavy (non-hydrogen) atoms. The normalized spacial score (nSPS) is 17.7. The van der Waals surface area contributed by atoms with Crippen LogP contribution in [0.3, 0.4) is 0 Å². The Labute approximate surface area is 235 Å². The van der Waals surface area contributed by atoms with Crippen molar-refractivity contribution in [1.82, 2.24) is 14.9 Å². The Kier molecular flexibility index (Phi) is 8.73. The minimum Gasteiger partial charge on any atom is -0.491 e. The van der Waals surface area contributed by atoms with Gasteiger partial charge in [0.15, 0.2) is 0 Å². The van der Waals surface area contributed by atoms with Crippen molar-refractivity contribution in [2.75, 3.05) is 50.6 Å². The highest BCUT2D eigenvalue weighted by molar-refractivity contribution is 6.31. The summed E-state index contributed by atoms with van der Waals surface area (Å²) in [5.74, 6) is 0.245. The molecule has 12 heteroatoms. The SMILES string of the molecule is COC[C@@H]1CN(C/C=C/C(=O)Nc2cc3c(Nc4ccc(F)c(Cl)c4)ncnc3cc2OCC2CC2)CC(=O)O1. The molecule has 2 N–H and O–H groups in total. The standard InChI is InChI=1S/C28H29ClFN5O5/c1-38-15-19-12-35(13-27(37)40-19)8-2-3-26(36)34-24-10-20-23(11-25(24)39-14-17-4-5-17)31-16-32-28(20)33-18-6-7-22(30)21(29)9-18/h2-3,6-7,9-11,16-17,19H,4-5,8,12-15H2,1H3,(H,34,36)(H,31,32,33)/b3-2+/t19-/m0/s1. The van der Waals surface area contributed by atoms with Crippen LogP contribution in [0.5, 0.6) is 5.75 Å². The fraction of sp³-hybridized carbons (Fsp3) is 0.357. The average Bonchev–Trinajstić information content (AvgIpc) is 3.74. The lowest BCUT2D eigenvalue weighted by Crippen LogP contribution is -2.47. The van der Waals surface area contributed by atoms with Crippen LogP contribution in [0.2, 0.25) is 5.02 Å². The van der Waals surface area contributed by atoms with Crippen molar-refractivity contribution in [3.8, 4) is 5.75 Å². The van der Waals surface area contributed by atoms with Gasteiger partial charge < -0.3 is 24.8 Å². The van der Waals surface area contributed by atoms with Crippen LogP contribution in [0.4, 0.5) is 21.6 Å². The molecule has 2 fully saturated rings. The van der Waals surface area contributed by atoms with Crippen molar-refractivity contribution in [2.24, 2.45) is 5.92 Å². The Morgan fingerprint density at radius 3 is 2.88 bits per heavy atom. The van der Waals surface area contributed by atoms with E-state index in [4.69, 9.17) is 25.8 Å². The highest BCUT2D eigenvalue weighted by atomic mass is 35.5. The van der Waals surface area contributed by atoms with Gasteiger partial charge in [-0.1, -0.05) is 17.7 Å². The lowest BCUT2D eigenvalue weighted by Gasteiger charge is -2.30. The van der Waals surface area contributed by atoms with Gasteiger partial charge in [0.2, 0.25) is 5.91 Å². The molecular formula is C28H29ClFN5O5. The number of anilines is 3. The summed E-state index contributed by atoms with van der Waals surface area (Å²) in [5, 5.41) is 6.64. The third-order valence-electron chi connectivity index (χ3n) is 6.45. The first kappa shape index (κ1) is 27.8. The number of halogens is 2. The molecule has 1 aromatic heterocycles. The number of hydrogen-bond acceptors (Lipinski definition) is 9. The first-order valence-corrected chi connectivity index (χ1v) is 13.3. The lowest BCUT2D eigenvalue weighted by atomic mass is 10.1. The van der Waals surface area contributed by atoms with Gasteiger partial charge in [0.1, 0.15) is 29.8 Å². The molecule has 3 aromatic rings. The molecule has 1 atom stereocenters. The number of cyclic esters (lactones) is 1. The van der Waals surface area contributed by atoms with Gasteiger partial charge in [-0.05, 0) is 43.0 Å². The van der Waals surface area contributed by atoms with Gasteiger partial charge in [-0.15, -0.1) is 0 Å². The number of carbonyl (C=O) groups excluding carboxylic acids is 2. The number of esters is 1. The number of nitrogens with zero attached hydrogens (tertiary/aromatic N) is 3. The molecule has 0 bridgehead atoms. The third kappa shape index (κ3) is 7.23. The summed E-state index contributed by atoms with van der Waals surface area (Å²) in [5.41, 5.74) is 1.61. The van der Waals surface area contributed by atoms with E-state index in [0.29, 0.717) is 66.1 Å². The van der Waals surface area contributed by atoms with Gasteiger partial charge in [0.05, 0.1) is 36.0 Å². The Morgan fingerprint density at radius 1 is 1.25 bits per heavy atom. The summed E-state index contributed by atoms with van der Waals surface area (Å²) in [6.07, 6.45) is 6.41. The van der Waals surface area contributed by atoms with Gasteiger partial charge >= 0.3 is 5.97 Å².